The summed E-state index contributed by atoms with van der Waals surface area (Å²) >= 11 is 0. The van der Waals surface area contributed by atoms with E-state index in [2.05, 4.69) is 9.71 Å². The van der Waals surface area contributed by atoms with Crippen molar-refractivity contribution in [2.24, 2.45) is 5.92 Å². The van der Waals surface area contributed by atoms with Gasteiger partial charge < -0.3 is 9.64 Å². The van der Waals surface area contributed by atoms with Gasteiger partial charge in [-0.15, -0.1) is 0 Å². The molecule has 1 saturated carbocycles. The fraction of sp³-hybridized carbons (Fsp3) is 0.571. The Hall–Kier alpha value is -1.67. The maximum atomic E-state index is 12.2. The van der Waals surface area contributed by atoms with E-state index >= 15 is 0 Å². The quantitative estimate of drug-likeness (QED) is 0.849. The Labute approximate surface area is 129 Å². The van der Waals surface area contributed by atoms with Crippen LogP contribution in [-0.4, -0.2) is 45.6 Å². The van der Waals surface area contributed by atoms with Gasteiger partial charge in [-0.3, -0.25) is 4.79 Å². The van der Waals surface area contributed by atoms with E-state index in [-0.39, 0.29) is 17.0 Å². The number of anilines is 1. The summed E-state index contributed by atoms with van der Waals surface area (Å²) in [5, 5.41) is -0.125. The summed E-state index contributed by atoms with van der Waals surface area (Å²) in [5.74, 6) is -0.0203. The van der Waals surface area contributed by atoms with Crippen LogP contribution in [-0.2, 0) is 19.6 Å². The molecule has 2 aliphatic rings. The Balaban J connectivity index is 1.77. The summed E-state index contributed by atoms with van der Waals surface area (Å²) in [6.45, 7) is 1.45. The van der Waals surface area contributed by atoms with Gasteiger partial charge in [-0.05, 0) is 31.4 Å². The summed E-state index contributed by atoms with van der Waals surface area (Å²) in [5.41, 5.74) is 0. The number of aromatic nitrogens is 1. The second-order valence-corrected chi connectivity index (χ2v) is 7.30. The van der Waals surface area contributed by atoms with Crippen LogP contribution in [0.3, 0.4) is 0 Å². The second kappa shape index (κ2) is 5.85. The Morgan fingerprint density at radius 3 is 2.77 bits per heavy atom. The lowest BCUT2D eigenvalue weighted by Crippen LogP contribution is -2.32. The van der Waals surface area contributed by atoms with Gasteiger partial charge in [0.05, 0.1) is 6.10 Å². The maximum Gasteiger partial charge on any atom is 0.281 e. The number of pyridine rings is 1. The van der Waals surface area contributed by atoms with Crippen LogP contribution in [0.5, 0.6) is 0 Å². The van der Waals surface area contributed by atoms with Crippen LogP contribution in [0.1, 0.15) is 19.3 Å². The van der Waals surface area contributed by atoms with Gasteiger partial charge in [-0.25, -0.2) is 9.71 Å². The summed E-state index contributed by atoms with van der Waals surface area (Å²) in [4.78, 5) is 17.8. The molecule has 1 amide bonds. The fourth-order valence-electron chi connectivity index (χ4n) is 2.47. The molecular formula is C14H19N3O4S. The van der Waals surface area contributed by atoms with E-state index in [0.29, 0.717) is 12.4 Å². The Kier molecular flexibility index (Phi) is 4.05. The number of sulfonamides is 1. The summed E-state index contributed by atoms with van der Waals surface area (Å²) < 4.78 is 31.9. The van der Waals surface area contributed by atoms with Crippen LogP contribution in [0, 0.1) is 5.92 Å². The van der Waals surface area contributed by atoms with Crippen molar-refractivity contribution in [2.75, 3.05) is 25.1 Å². The molecule has 1 aliphatic carbocycles. The third-order valence-electron chi connectivity index (χ3n) is 3.97. The molecule has 22 heavy (non-hydrogen) atoms. The predicted octanol–water partition coefficient (Wildman–Crippen LogP) is 0.522. The van der Waals surface area contributed by atoms with E-state index in [4.69, 9.17) is 4.74 Å². The minimum Gasteiger partial charge on any atom is -0.380 e. The van der Waals surface area contributed by atoms with Crippen LogP contribution >= 0.6 is 0 Å². The number of hydrogen-bond donors (Lipinski definition) is 1. The van der Waals surface area contributed by atoms with E-state index in [1.165, 1.54) is 6.07 Å². The summed E-state index contributed by atoms with van der Waals surface area (Å²) in [6.07, 6.45) is 2.52. The van der Waals surface area contributed by atoms with E-state index in [1.807, 2.05) is 4.90 Å². The van der Waals surface area contributed by atoms with Gasteiger partial charge in [-0.2, -0.15) is 8.42 Å². The Morgan fingerprint density at radius 1 is 1.36 bits per heavy atom. The lowest BCUT2D eigenvalue weighted by atomic mass is 10.3. The smallest absolute Gasteiger partial charge is 0.281 e. The van der Waals surface area contributed by atoms with Crippen molar-refractivity contribution in [1.82, 2.24) is 9.71 Å². The van der Waals surface area contributed by atoms with Gasteiger partial charge in [0.2, 0.25) is 5.91 Å². The second-order valence-electron chi connectivity index (χ2n) is 5.67. The van der Waals surface area contributed by atoms with Crippen molar-refractivity contribution in [3.05, 3.63) is 18.2 Å². The molecule has 7 nitrogen and oxygen atoms in total. The van der Waals surface area contributed by atoms with Gasteiger partial charge in [-0.1, -0.05) is 6.07 Å². The van der Waals surface area contributed by atoms with E-state index in [0.717, 1.165) is 25.8 Å². The third-order valence-corrected chi connectivity index (χ3v) is 5.22. The molecule has 2 heterocycles. The summed E-state index contributed by atoms with van der Waals surface area (Å²) in [6, 6.07) is 4.80. The zero-order valence-electron chi connectivity index (χ0n) is 12.4. The third kappa shape index (κ3) is 3.22. The average Bonchev–Trinajstić information content (AvgIpc) is 3.25. The zero-order valence-corrected chi connectivity index (χ0v) is 13.2. The number of carbonyl (C=O) groups is 1. The lowest BCUT2D eigenvalue weighted by Gasteiger charge is -2.17. The average molecular weight is 325 g/mol. The van der Waals surface area contributed by atoms with Gasteiger partial charge in [0.1, 0.15) is 5.82 Å². The number of carbonyl (C=O) groups excluding carboxylic acids is 1. The zero-order chi connectivity index (χ0) is 15.7. The number of methoxy groups -OCH3 is 1. The molecule has 0 aromatic carbocycles. The number of ether oxygens (including phenoxy) is 1. The number of hydrogen-bond acceptors (Lipinski definition) is 6. The molecule has 0 radical (unpaired) electrons. The highest BCUT2D eigenvalue weighted by atomic mass is 32.2. The van der Waals surface area contributed by atoms with Crippen LogP contribution in [0.4, 0.5) is 5.82 Å². The van der Waals surface area contributed by atoms with Crippen LogP contribution in [0.2, 0.25) is 0 Å². The van der Waals surface area contributed by atoms with E-state index in [9.17, 15) is 13.2 Å². The molecule has 1 aliphatic heterocycles. The molecular weight excluding hydrogens is 306 g/mol. The Morgan fingerprint density at radius 2 is 2.14 bits per heavy atom. The number of rotatable bonds is 5. The number of nitrogens with one attached hydrogen (secondary N) is 1. The van der Waals surface area contributed by atoms with Crippen molar-refractivity contribution >= 4 is 21.7 Å². The highest BCUT2D eigenvalue weighted by Crippen LogP contribution is 2.29. The molecule has 0 spiro atoms. The molecule has 3 rings (SSSR count). The maximum absolute atomic E-state index is 12.2. The monoisotopic (exact) mass is 325 g/mol. The highest BCUT2D eigenvalue weighted by molar-refractivity contribution is 7.90. The van der Waals surface area contributed by atoms with Gasteiger partial charge in [0.25, 0.3) is 10.0 Å². The van der Waals surface area contributed by atoms with Crippen LogP contribution in [0.25, 0.3) is 0 Å². The van der Waals surface area contributed by atoms with Crippen molar-refractivity contribution in [3.63, 3.8) is 0 Å². The minimum absolute atomic E-state index is 0.125. The molecule has 8 heteroatoms. The van der Waals surface area contributed by atoms with Crippen molar-refractivity contribution < 1.29 is 17.9 Å². The van der Waals surface area contributed by atoms with E-state index in [1.54, 1.807) is 19.2 Å². The first-order valence-electron chi connectivity index (χ1n) is 7.31. The Bertz CT molecular complexity index is 672. The van der Waals surface area contributed by atoms with Gasteiger partial charge in [0, 0.05) is 26.1 Å². The minimum atomic E-state index is -3.90. The first-order valence-corrected chi connectivity index (χ1v) is 8.79. The van der Waals surface area contributed by atoms with Crippen molar-refractivity contribution in [2.45, 2.75) is 30.4 Å². The SMILES string of the molecule is COC1CCN(c2cccc(S(=O)(=O)NC(=O)C3CC3)n2)C1. The lowest BCUT2D eigenvalue weighted by molar-refractivity contribution is -0.120. The van der Waals surface area contributed by atoms with Gasteiger partial charge >= 0.3 is 0 Å². The molecule has 0 bridgehead atoms. The van der Waals surface area contributed by atoms with Crippen molar-refractivity contribution in [1.29, 1.82) is 0 Å². The van der Waals surface area contributed by atoms with Crippen LogP contribution in [0.15, 0.2) is 23.2 Å². The first-order chi connectivity index (χ1) is 10.5. The standard InChI is InChI=1S/C14H19N3O4S/c1-21-11-7-8-17(9-11)12-3-2-4-13(15-12)22(19,20)16-14(18)10-5-6-10/h2-4,10-11H,5-9H2,1H3,(H,16,18). The molecule has 2 fully saturated rings. The number of amides is 1. The van der Waals surface area contributed by atoms with Crippen molar-refractivity contribution in [3.8, 4) is 0 Å². The topological polar surface area (TPSA) is 88.6 Å². The molecule has 1 saturated heterocycles. The molecule has 120 valence electrons. The molecule has 1 aromatic heterocycles. The molecule has 1 N–H and O–H groups in total. The summed E-state index contributed by atoms with van der Waals surface area (Å²) in [7, 11) is -2.24. The van der Waals surface area contributed by atoms with Gasteiger partial charge in [0.15, 0.2) is 5.03 Å². The fourth-order valence-corrected chi connectivity index (χ4v) is 3.48. The highest BCUT2D eigenvalue weighted by Gasteiger charge is 2.33. The number of nitrogens with zero attached hydrogens (tertiary/aromatic N) is 2. The predicted molar refractivity (Wildman–Crippen MR) is 79.9 cm³/mol. The normalized spacial score (nSPS) is 21.9. The molecule has 1 atom stereocenters. The molecule has 1 unspecified atom stereocenters. The van der Waals surface area contributed by atoms with E-state index < -0.39 is 15.9 Å². The molecule has 1 aromatic rings. The van der Waals surface area contributed by atoms with Crippen LogP contribution < -0.4 is 9.62 Å². The largest absolute Gasteiger partial charge is 0.380 e. The first kappa shape index (κ1) is 15.2.